The average molecular weight is 608 g/mol. The van der Waals surface area contributed by atoms with Gasteiger partial charge in [0.2, 0.25) is 5.95 Å². The summed E-state index contributed by atoms with van der Waals surface area (Å²) in [4.78, 5) is 41.4. The maximum Gasteiger partial charge on any atom is 0.472 e. The van der Waals surface area contributed by atoms with Crippen LogP contribution in [0.2, 0.25) is 0 Å². The van der Waals surface area contributed by atoms with Crippen LogP contribution in [0.1, 0.15) is 24.4 Å². The summed E-state index contributed by atoms with van der Waals surface area (Å²) >= 11 is 0. The molecule has 2 unspecified atom stereocenters. The number of nitrogens with one attached hydrogen (secondary N) is 1. The highest BCUT2D eigenvalue weighted by Gasteiger charge is 2.52. The molecule has 4 aromatic rings. The number of aliphatic hydroxyl groups is 2. The SMILES string of the molecule is Nc1nc2c(ncn2[C@@H]2OC3OCC[C@H]4[C@@H](O)[C@H](c5cnc6c(N)ncnn56)O[C@@H]4COP(=O)(O)O[C@@H]2[C@@H]3O)c(=O)[nH]1. The quantitative estimate of drug-likeness (QED) is 0.134. The minimum absolute atomic E-state index is 0.0165. The molecular weight excluding hydrogens is 583 g/mol. The number of phosphoric acid groups is 1. The summed E-state index contributed by atoms with van der Waals surface area (Å²) < 4.78 is 44.2. The molecule has 4 aromatic heterocycles. The maximum absolute atomic E-state index is 13.1. The zero-order chi connectivity index (χ0) is 29.3. The number of phosphoric ester groups is 1. The van der Waals surface area contributed by atoms with Crippen LogP contribution < -0.4 is 17.0 Å². The Balaban J connectivity index is 1.17. The summed E-state index contributed by atoms with van der Waals surface area (Å²) in [5, 5.41) is 26.4. The molecule has 0 aliphatic carbocycles. The second kappa shape index (κ2) is 10.0. The number of imidazole rings is 2. The fourth-order valence-electron chi connectivity index (χ4n) is 5.52. The van der Waals surface area contributed by atoms with E-state index in [4.69, 9.17) is 34.7 Å². The lowest BCUT2D eigenvalue weighted by Crippen LogP contribution is -2.37. The lowest BCUT2D eigenvalue weighted by atomic mass is 9.92. The molecule has 7 rings (SSSR count). The Bertz CT molecular complexity index is 1760. The van der Waals surface area contributed by atoms with E-state index >= 15 is 0 Å². The second-order valence-corrected chi connectivity index (χ2v) is 11.4. The number of ether oxygens (including phenoxy) is 3. The molecule has 224 valence electrons. The number of hydrogen-bond donors (Lipinski definition) is 6. The first-order valence-corrected chi connectivity index (χ1v) is 14.2. The highest BCUT2D eigenvalue weighted by molar-refractivity contribution is 7.47. The Hall–Kier alpha value is -3.59. The molecule has 42 heavy (non-hydrogen) atoms. The number of aliphatic hydroxyl groups excluding tert-OH is 2. The largest absolute Gasteiger partial charge is 0.472 e. The van der Waals surface area contributed by atoms with Crippen molar-refractivity contribution in [2.45, 2.75) is 49.5 Å². The minimum atomic E-state index is -4.89. The van der Waals surface area contributed by atoms with Crippen molar-refractivity contribution in [2.24, 2.45) is 5.92 Å². The van der Waals surface area contributed by atoms with Crippen LogP contribution in [-0.4, -0.2) is 98.1 Å². The molecule has 8 N–H and O–H groups in total. The van der Waals surface area contributed by atoms with E-state index in [0.29, 0.717) is 5.69 Å². The van der Waals surface area contributed by atoms with Crippen molar-refractivity contribution >= 4 is 36.4 Å². The first-order valence-electron chi connectivity index (χ1n) is 12.7. The number of fused-ring (bicyclic) bond motifs is 5. The van der Waals surface area contributed by atoms with Crippen molar-refractivity contribution in [3.8, 4) is 0 Å². The topological polar surface area (TPSA) is 283 Å². The number of aromatic amines is 1. The molecule has 3 fully saturated rings. The number of aromatic nitrogens is 8. The predicted octanol–water partition coefficient (Wildman–Crippen LogP) is -2.02. The van der Waals surface area contributed by atoms with Crippen LogP contribution in [0.5, 0.6) is 0 Å². The molecule has 2 bridgehead atoms. The molecule has 3 aliphatic rings. The molecule has 0 aromatic carbocycles. The molecule has 3 saturated heterocycles. The van der Waals surface area contributed by atoms with Gasteiger partial charge in [-0.15, -0.1) is 0 Å². The molecule has 0 saturated carbocycles. The number of anilines is 2. The number of nitrogen functional groups attached to an aromatic ring is 2. The van der Waals surface area contributed by atoms with Gasteiger partial charge in [-0.3, -0.25) is 23.4 Å². The molecule has 20 nitrogen and oxygen atoms in total. The number of nitrogens with zero attached hydrogens (tertiary/aromatic N) is 7. The van der Waals surface area contributed by atoms with Crippen LogP contribution in [0.4, 0.5) is 11.8 Å². The number of hydrogen-bond acceptors (Lipinski definition) is 16. The van der Waals surface area contributed by atoms with Gasteiger partial charge in [-0.25, -0.2) is 24.0 Å². The molecule has 0 amide bonds. The Morgan fingerprint density at radius 2 is 1.95 bits per heavy atom. The van der Waals surface area contributed by atoms with Crippen molar-refractivity contribution in [3.05, 3.63) is 34.9 Å². The monoisotopic (exact) mass is 608 g/mol. The van der Waals surface area contributed by atoms with E-state index in [1.54, 1.807) is 0 Å². The molecule has 0 spiro atoms. The summed E-state index contributed by atoms with van der Waals surface area (Å²) in [6.07, 6.45) is -4.67. The van der Waals surface area contributed by atoms with Crippen LogP contribution >= 0.6 is 7.82 Å². The van der Waals surface area contributed by atoms with E-state index in [1.165, 1.54) is 27.9 Å². The summed E-state index contributed by atoms with van der Waals surface area (Å²) in [5.41, 5.74) is 11.5. The fourth-order valence-corrected chi connectivity index (χ4v) is 6.45. The molecule has 21 heteroatoms. The van der Waals surface area contributed by atoms with Crippen LogP contribution in [-0.2, 0) is 27.8 Å². The average Bonchev–Trinajstić information content (AvgIpc) is 3.69. The Morgan fingerprint density at radius 1 is 1.12 bits per heavy atom. The fraction of sp³-hybridized carbons (Fsp3) is 0.524. The molecule has 0 radical (unpaired) electrons. The summed E-state index contributed by atoms with van der Waals surface area (Å²) in [6.45, 7) is -0.483. The van der Waals surface area contributed by atoms with Gasteiger partial charge >= 0.3 is 7.82 Å². The van der Waals surface area contributed by atoms with Crippen LogP contribution in [0.25, 0.3) is 16.8 Å². The van der Waals surface area contributed by atoms with E-state index in [-0.39, 0.29) is 41.6 Å². The van der Waals surface area contributed by atoms with Crippen molar-refractivity contribution < 1.29 is 42.9 Å². The first kappa shape index (κ1) is 27.3. The van der Waals surface area contributed by atoms with E-state index in [2.05, 4.69) is 30.0 Å². The Morgan fingerprint density at radius 3 is 2.79 bits per heavy atom. The lowest BCUT2D eigenvalue weighted by molar-refractivity contribution is -0.178. The van der Waals surface area contributed by atoms with Gasteiger partial charge in [0.05, 0.1) is 43.6 Å². The van der Waals surface area contributed by atoms with Gasteiger partial charge in [0.25, 0.3) is 5.56 Å². The van der Waals surface area contributed by atoms with E-state index in [1.807, 2.05) is 0 Å². The lowest BCUT2D eigenvalue weighted by Gasteiger charge is -2.26. The second-order valence-electron chi connectivity index (χ2n) is 9.97. The zero-order valence-corrected chi connectivity index (χ0v) is 22.3. The molecule has 9 atom stereocenters. The third kappa shape index (κ3) is 4.44. The third-order valence-corrected chi connectivity index (χ3v) is 8.47. The summed E-state index contributed by atoms with van der Waals surface area (Å²) in [6, 6.07) is 0. The highest BCUT2D eigenvalue weighted by Crippen LogP contribution is 2.51. The minimum Gasteiger partial charge on any atom is -0.390 e. The summed E-state index contributed by atoms with van der Waals surface area (Å²) in [5.74, 6) is -0.726. The zero-order valence-electron chi connectivity index (χ0n) is 21.4. The number of rotatable bonds is 2. The van der Waals surface area contributed by atoms with Crippen molar-refractivity contribution in [1.29, 1.82) is 0 Å². The van der Waals surface area contributed by atoms with Crippen LogP contribution in [0, 0.1) is 5.92 Å². The van der Waals surface area contributed by atoms with E-state index in [9.17, 15) is 24.5 Å². The van der Waals surface area contributed by atoms with E-state index < -0.39 is 68.9 Å². The smallest absolute Gasteiger partial charge is 0.390 e. The summed E-state index contributed by atoms with van der Waals surface area (Å²) in [7, 11) is -4.89. The Labute approximate surface area is 233 Å². The normalized spacial score (nSPS) is 35.7. The molecule has 3 aliphatic heterocycles. The van der Waals surface area contributed by atoms with Gasteiger partial charge < -0.3 is 40.8 Å². The molecule has 7 heterocycles. The van der Waals surface area contributed by atoms with Gasteiger partial charge in [0.15, 0.2) is 35.1 Å². The van der Waals surface area contributed by atoms with Gasteiger partial charge in [-0.2, -0.15) is 10.1 Å². The van der Waals surface area contributed by atoms with E-state index in [0.717, 1.165) is 0 Å². The first-order chi connectivity index (χ1) is 20.1. The van der Waals surface area contributed by atoms with Crippen LogP contribution in [0.15, 0.2) is 23.6 Å². The maximum atomic E-state index is 13.1. The predicted molar refractivity (Wildman–Crippen MR) is 136 cm³/mol. The van der Waals surface area contributed by atoms with Gasteiger partial charge in [-0.1, -0.05) is 0 Å². The van der Waals surface area contributed by atoms with Crippen molar-refractivity contribution in [3.63, 3.8) is 0 Å². The van der Waals surface area contributed by atoms with Crippen molar-refractivity contribution in [2.75, 3.05) is 24.7 Å². The molecular formula is C21H25N10O10P. The van der Waals surface area contributed by atoms with Gasteiger partial charge in [0, 0.05) is 5.92 Å². The number of nitrogens with two attached hydrogens (primary N) is 2. The Kier molecular flexibility index (Phi) is 6.49. The highest BCUT2D eigenvalue weighted by atomic mass is 31.2. The van der Waals surface area contributed by atoms with Gasteiger partial charge in [-0.05, 0) is 6.42 Å². The van der Waals surface area contributed by atoms with Gasteiger partial charge in [0.1, 0.15) is 24.6 Å². The van der Waals surface area contributed by atoms with Crippen LogP contribution in [0.3, 0.4) is 0 Å². The standard InChI is InChI=1S/C21H25N10O10P/c22-15-17-24-3-8(31(17)27-5-25-15)13-11(32)7-1-2-37-20-12(33)14(41-42(35,36)38-4-9(7)39-13)19(40-20)30-6-26-10-16(30)28-21(23)29-18(10)34/h3,5-7,9,11-14,19-20,32-33H,1-2,4H2,(H,35,36)(H2,22,25,27)(H3,23,28,29,34)/t7-,9-,11-,12+,13+,14-,19-,20?/m1/s1. The number of H-pyrrole nitrogens is 1. The third-order valence-electron chi connectivity index (χ3n) is 7.48. The van der Waals surface area contributed by atoms with Crippen molar-refractivity contribution in [1.82, 2.24) is 39.1 Å².